The molecule has 0 aliphatic carbocycles. The third-order valence-electron chi connectivity index (χ3n) is 3.84. The molecule has 24 heavy (non-hydrogen) atoms. The average molecular weight is 349 g/mol. The van der Waals surface area contributed by atoms with Crippen LogP contribution < -0.4 is 10.6 Å². The molecule has 130 valence electrons. The zero-order valence-corrected chi connectivity index (χ0v) is 15.1. The van der Waals surface area contributed by atoms with Gasteiger partial charge >= 0.3 is 0 Å². The van der Waals surface area contributed by atoms with Crippen LogP contribution in [-0.2, 0) is 30.9 Å². The van der Waals surface area contributed by atoms with Gasteiger partial charge in [0.25, 0.3) is 0 Å². The molecule has 0 saturated heterocycles. The summed E-state index contributed by atoms with van der Waals surface area (Å²) in [5.74, 6) is 2.58. The van der Waals surface area contributed by atoms with Gasteiger partial charge in [0.15, 0.2) is 11.8 Å². The molecule has 0 bridgehead atoms. The van der Waals surface area contributed by atoms with Gasteiger partial charge in [0.1, 0.15) is 12.4 Å². The van der Waals surface area contributed by atoms with Gasteiger partial charge in [-0.3, -0.25) is 4.99 Å². The number of aromatic nitrogens is 4. The van der Waals surface area contributed by atoms with Gasteiger partial charge in [-0.1, -0.05) is 0 Å². The summed E-state index contributed by atoms with van der Waals surface area (Å²) in [5.41, 5.74) is 0. The second-order valence-corrected chi connectivity index (χ2v) is 7.03. The number of ether oxygens (including phenoxy) is 1. The number of methoxy groups -OCH3 is 1. The Morgan fingerprint density at radius 3 is 3.12 bits per heavy atom. The van der Waals surface area contributed by atoms with E-state index in [1.54, 1.807) is 25.5 Å². The molecule has 2 aromatic rings. The minimum atomic E-state index is 0.281. The lowest BCUT2D eigenvalue weighted by atomic mass is 10.1. The smallest absolute Gasteiger partial charge is 0.191 e. The lowest BCUT2D eigenvalue weighted by molar-refractivity contribution is 0.177. The molecule has 0 fully saturated rings. The molecule has 1 unspecified atom stereocenters. The SMILES string of the molecule is CN=C(NCc1cnc(C)s1)NC1CCc2nc(COC)nn2C1. The molecule has 2 aromatic heterocycles. The van der Waals surface area contributed by atoms with E-state index >= 15 is 0 Å². The van der Waals surface area contributed by atoms with Crippen LogP contribution in [-0.4, -0.2) is 45.9 Å². The summed E-state index contributed by atoms with van der Waals surface area (Å²) >= 11 is 1.69. The van der Waals surface area contributed by atoms with E-state index < -0.39 is 0 Å². The Labute approximate surface area is 145 Å². The van der Waals surface area contributed by atoms with Gasteiger partial charge in [-0.05, 0) is 13.3 Å². The van der Waals surface area contributed by atoms with Crippen LogP contribution in [0.5, 0.6) is 0 Å². The van der Waals surface area contributed by atoms with Gasteiger partial charge in [-0.15, -0.1) is 11.3 Å². The van der Waals surface area contributed by atoms with E-state index in [0.29, 0.717) is 6.61 Å². The Morgan fingerprint density at radius 2 is 2.42 bits per heavy atom. The van der Waals surface area contributed by atoms with Gasteiger partial charge in [0, 0.05) is 37.7 Å². The summed E-state index contributed by atoms with van der Waals surface area (Å²) in [6.07, 6.45) is 3.81. The van der Waals surface area contributed by atoms with E-state index in [9.17, 15) is 0 Å². The molecule has 8 nitrogen and oxygen atoms in total. The van der Waals surface area contributed by atoms with Crippen LogP contribution >= 0.6 is 11.3 Å². The monoisotopic (exact) mass is 349 g/mol. The van der Waals surface area contributed by atoms with E-state index in [1.165, 1.54) is 4.88 Å². The summed E-state index contributed by atoms with van der Waals surface area (Å²) in [5, 5.41) is 12.4. The van der Waals surface area contributed by atoms with Gasteiger partial charge in [-0.25, -0.2) is 14.6 Å². The molecule has 1 atom stereocenters. The van der Waals surface area contributed by atoms with Crippen molar-refractivity contribution in [2.45, 2.75) is 45.5 Å². The molecule has 0 spiro atoms. The van der Waals surface area contributed by atoms with Crippen LogP contribution in [0.1, 0.15) is 28.0 Å². The van der Waals surface area contributed by atoms with Gasteiger partial charge in [0.05, 0.1) is 18.1 Å². The van der Waals surface area contributed by atoms with Gasteiger partial charge < -0.3 is 15.4 Å². The lowest BCUT2D eigenvalue weighted by Gasteiger charge is -2.25. The molecule has 0 aromatic carbocycles. The first-order chi connectivity index (χ1) is 11.7. The molecule has 3 rings (SSSR count). The van der Waals surface area contributed by atoms with E-state index in [2.05, 4.69) is 30.7 Å². The van der Waals surface area contributed by atoms with E-state index in [-0.39, 0.29) is 6.04 Å². The highest BCUT2D eigenvalue weighted by Crippen LogP contribution is 2.14. The fraction of sp³-hybridized carbons (Fsp3) is 0.600. The topological polar surface area (TPSA) is 89.2 Å². The number of aryl methyl sites for hydroxylation is 2. The standard InChI is InChI=1S/C15H23N7OS/c1-10-17-6-12(24-10)7-18-15(16-2)19-11-4-5-14-20-13(9-23-3)21-22(14)8-11/h6,11H,4-5,7-9H2,1-3H3,(H2,16,18,19). The van der Waals surface area contributed by atoms with Crippen LogP contribution in [0, 0.1) is 6.92 Å². The van der Waals surface area contributed by atoms with Crippen molar-refractivity contribution in [1.82, 2.24) is 30.4 Å². The molecule has 0 amide bonds. The minimum absolute atomic E-state index is 0.281. The van der Waals surface area contributed by atoms with Crippen LogP contribution in [0.4, 0.5) is 0 Å². The second kappa shape index (κ2) is 7.71. The summed E-state index contributed by atoms with van der Waals surface area (Å²) in [7, 11) is 3.44. The van der Waals surface area contributed by atoms with Crippen LogP contribution in [0.2, 0.25) is 0 Å². The van der Waals surface area contributed by atoms with Crippen molar-refractivity contribution < 1.29 is 4.74 Å². The third kappa shape index (κ3) is 4.09. The number of hydrogen-bond donors (Lipinski definition) is 2. The predicted octanol–water partition coefficient (Wildman–Crippen LogP) is 0.869. The number of aliphatic imine (C=N–C) groups is 1. The fourth-order valence-corrected chi connectivity index (χ4v) is 3.45. The maximum Gasteiger partial charge on any atom is 0.191 e. The molecule has 0 saturated carbocycles. The number of nitrogens with zero attached hydrogens (tertiary/aromatic N) is 5. The molecule has 1 aliphatic rings. The molecular weight excluding hydrogens is 326 g/mol. The van der Waals surface area contributed by atoms with Crippen LogP contribution in [0.25, 0.3) is 0 Å². The van der Waals surface area contributed by atoms with Crippen LogP contribution in [0.15, 0.2) is 11.2 Å². The first-order valence-corrected chi connectivity index (χ1v) is 8.79. The first kappa shape index (κ1) is 16.8. The number of hydrogen-bond acceptors (Lipinski definition) is 6. The van der Waals surface area contributed by atoms with E-state index in [0.717, 1.165) is 48.5 Å². The highest BCUT2D eigenvalue weighted by Gasteiger charge is 2.22. The van der Waals surface area contributed by atoms with Gasteiger partial charge in [0.2, 0.25) is 0 Å². The predicted molar refractivity (Wildman–Crippen MR) is 93.0 cm³/mol. The normalized spacial score (nSPS) is 17.6. The molecule has 3 heterocycles. The number of thiazole rings is 1. The minimum Gasteiger partial charge on any atom is -0.377 e. The van der Waals surface area contributed by atoms with Crippen LogP contribution in [0.3, 0.4) is 0 Å². The summed E-state index contributed by atoms with van der Waals surface area (Å²) < 4.78 is 7.07. The molecule has 9 heteroatoms. The van der Waals surface area contributed by atoms with E-state index in [4.69, 9.17) is 4.74 Å². The molecular formula is C15H23N7OS. The first-order valence-electron chi connectivity index (χ1n) is 7.98. The number of nitrogens with one attached hydrogen (secondary N) is 2. The van der Waals surface area contributed by atoms with Crippen molar-refractivity contribution in [3.8, 4) is 0 Å². The zero-order chi connectivity index (χ0) is 16.9. The number of guanidine groups is 1. The Hall–Kier alpha value is -2.00. The van der Waals surface area contributed by atoms with Crippen molar-refractivity contribution in [2.75, 3.05) is 14.2 Å². The number of rotatable bonds is 5. The van der Waals surface area contributed by atoms with Crippen molar-refractivity contribution in [2.24, 2.45) is 4.99 Å². The third-order valence-corrected chi connectivity index (χ3v) is 4.75. The van der Waals surface area contributed by atoms with Gasteiger partial charge in [-0.2, -0.15) is 5.10 Å². The van der Waals surface area contributed by atoms with Crippen molar-refractivity contribution in [1.29, 1.82) is 0 Å². The molecule has 0 radical (unpaired) electrons. The lowest BCUT2D eigenvalue weighted by Crippen LogP contribution is -2.46. The average Bonchev–Trinajstić information content (AvgIpc) is 3.16. The summed E-state index contributed by atoms with van der Waals surface area (Å²) in [6, 6.07) is 0.281. The maximum absolute atomic E-state index is 5.10. The zero-order valence-electron chi connectivity index (χ0n) is 14.2. The maximum atomic E-state index is 5.10. The largest absolute Gasteiger partial charge is 0.377 e. The Bertz CT molecular complexity index is 708. The summed E-state index contributed by atoms with van der Waals surface area (Å²) in [4.78, 5) is 14.3. The highest BCUT2D eigenvalue weighted by atomic mass is 32.1. The molecule has 2 N–H and O–H groups in total. The fourth-order valence-electron chi connectivity index (χ4n) is 2.71. The van der Waals surface area contributed by atoms with Crippen molar-refractivity contribution in [3.05, 3.63) is 27.7 Å². The Balaban J connectivity index is 1.54. The highest BCUT2D eigenvalue weighted by molar-refractivity contribution is 7.11. The second-order valence-electron chi connectivity index (χ2n) is 5.71. The van der Waals surface area contributed by atoms with Crippen molar-refractivity contribution >= 4 is 17.3 Å². The number of fused-ring (bicyclic) bond motifs is 1. The van der Waals surface area contributed by atoms with E-state index in [1.807, 2.05) is 17.8 Å². The molecule has 1 aliphatic heterocycles. The quantitative estimate of drug-likeness (QED) is 0.615. The Morgan fingerprint density at radius 1 is 1.54 bits per heavy atom. The van der Waals surface area contributed by atoms with Crippen molar-refractivity contribution in [3.63, 3.8) is 0 Å². The Kier molecular flexibility index (Phi) is 5.41. The summed E-state index contributed by atoms with van der Waals surface area (Å²) in [6.45, 7) is 3.98.